The summed E-state index contributed by atoms with van der Waals surface area (Å²) in [4.78, 5) is 16.3. The van der Waals surface area contributed by atoms with E-state index >= 15 is 0 Å². The third-order valence-corrected chi connectivity index (χ3v) is 4.47. The molecule has 1 aliphatic heterocycles. The molecule has 5 heteroatoms. The summed E-state index contributed by atoms with van der Waals surface area (Å²) in [6.45, 7) is 1.48. The Balaban J connectivity index is 1.95. The van der Waals surface area contributed by atoms with E-state index in [-0.39, 0.29) is 0 Å². The van der Waals surface area contributed by atoms with Crippen LogP contribution in [0.3, 0.4) is 0 Å². The van der Waals surface area contributed by atoms with E-state index in [1.807, 2.05) is 6.07 Å². The number of carboxylic acids is 1. The highest BCUT2D eigenvalue weighted by Gasteiger charge is 2.33. The third kappa shape index (κ3) is 2.12. The Morgan fingerprint density at radius 3 is 2.67 bits per heavy atom. The molecular formula is C16H18N2O3. The molecule has 1 aromatic heterocycles. The number of aromatic carboxylic acids is 1. The van der Waals surface area contributed by atoms with Gasteiger partial charge in [0.15, 0.2) is 0 Å². The van der Waals surface area contributed by atoms with E-state index < -0.39 is 5.97 Å². The first-order chi connectivity index (χ1) is 10.3. The van der Waals surface area contributed by atoms with Crippen LogP contribution in [-0.4, -0.2) is 33.8 Å². The largest absolute Gasteiger partial charge is 0.478 e. The van der Waals surface area contributed by atoms with Crippen molar-refractivity contribution < 1.29 is 14.6 Å². The second-order valence-electron chi connectivity index (χ2n) is 5.94. The molecule has 1 saturated heterocycles. The molecule has 0 radical (unpaired) electrons. The van der Waals surface area contributed by atoms with E-state index in [0.29, 0.717) is 17.5 Å². The van der Waals surface area contributed by atoms with E-state index in [1.165, 1.54) is 0 Å². The van der Waals surface area contributed by atoms with Crippen LogP contribution in [0.5, 0.6) is 0 Å². The van der Waals surface area contributed by atoms with Crippen molar-refractivity contribution in [3.63, 3.8) is 0 Å². The Bertz CT molecular complexity index is 697. The summed E-state index contributed by atoms with van der Waals surface area (Å²) >= 11 is 0. The van der Waals surface area contributed by atoms with Gasteiger partial charge in [0.25, 0.3) is 0 Å². The fourth-order valence-electron chi connectivity index (χ4n) is 3.28. The van der Waals surface area contributed by atoms with E-state index in [2.05, 4.69) is 4.57 Å². The number of imidazole rings is 1. The maximum absolute atomic E-state index is 11.6. The minimum absolute atomic E-state index is 0.305. The first-order valence-corrected chi connectivity index (χ1v) is 7.57. The van der Waals surface area contributed by atoms with Gasteiger partial charge in [-0.2, -0.15) is 0 Å². The molecule has 110 valence electrons. The number of hydrogen-bond donors (Lipinski definition) is 1. The van der Waals surface area contributed by atoms with E-state index in [0.717, 1.165) is 55.8 Å². The number of para-hydroxylation sites is 1. The lowest BCUT2D eigenvalue weighted by molar-refractivity contribution is 0.0686. The molecule has 0 amide bonds. The maximum atomic E-state index is 11.6. The van der Waals surface area contributed by atoms with Crippen LogP contribution in [-0.2, 0) is 4.74 Å². The highest BCUT2D eigenvalue weighted by molar-refractivity contribution is 6.01. The molecule has 0 bridgehead atoms. The third-order valence-electron chi connectivity index (χ3n) is 4.47. The number of benzene rings is 1. The van der Waals surface area contributed by atoms with Gasteiger partial charge in [-0.1, -0.05) is 6.07 Å². The number of aromatic nitrogens is 2. The minimum atomic E-state index is -0.879. The predicted octanol–water partition coefficient (Wildman–Crippen LogP) is 2.96. The fraction of sp³-hybridized carbons (Fsp3) is 0.500. The van der Waals surface area contributed by atoms with Crippen molar-refractivity contribution in [2.24, 2.45) is 0 Å². The molecule has 1 aliphatic carbocycles. The van der Waals surface area contributed by atoms with Crippen LogP contribution in [0.2, 0.25) is 0 Å². The van der Waals surface area contributed by atoms with Crippen LogP contribution in [0.25, 0.3) is 11.0 Å². The van der Waals surface area contributed by atoms with Crippen molar-refractivity contribution in [2.75, 3.05) is 13.2 Å². The van der Waals surface area contributed by atoms with Crippen LogP contribution in [0.4, 0.5) is 0 Å². The summed E-state index contributed by atoms with van der Waals surface area (Å²) in [7, 11) is 0. The molecule has 5 nitrogen and oxygen atoms in total. The lowest BCUT2D eigenvalue weighted by Gasteiger charge is -2.26. The molecule has 1 N–H and O–H groups in total. The number of rotatable bonds is 3. The van der Waals surface area contributed by atoms with Gasteiger partial charge in [0, 0.05) is 25.2 Å². The van der Waals surface area contributed by atoms with Gasteiger partial charge in [-0.15, -0.1) is 0 Å². The Morgan fingerprint density at radius 1 is 1.24 bits per heavy atom. The molecule has 1 saturated carbocycles. The van der Waals surface area contributed by atoms with E-state index in [9.17, 15) is 9.90 Å². The summed E-state index contributed by atoms with van der Waals surface area (Å²) in [5, 5.41) is 9.50. The minimum Gasteiger partial charge on any atom is -0.478 e. The van der Waals surface area contributed by atoms with Crippen LogP contribution in [0.15, 0.2) is 18.2 Å². The summed E-state index contributed by atoms with van der Waals surface area (Å²) < 4.78 is 7.66. The molecule has 0 spiro atoms. The zero-order valence-electron chi connectivity index (χ0n) is 11.8. The molecule has 2 aliphatic rings. The number of carbonyl (C=O) groups is 1. The quantitative estimate of drug-likeness (QED) is 0.942. The molecule has 0 unspecified atom stereocenters. The van der Waals surface area contributed by atoms with Crippen molar-refractivity contribution >= 4 is 17.0 Å². The molecule has 2 fully saturated rings. The molecule has 2 heterocycles. The van der Waals surface area contributed by atoms with Crippen LogP contribution in [0, 0.1) is 0 Å². The smallest absolute Gasteiger partial charge is 0.337 e. The summed E-state index contributed by atoms with van der Waals surface area (Å²) in [6.07, 6.45) is 4.18. The number of ether oxygens (including phenoxy) is 1. The summed E-state index contributed by atoms with van der Waals surface area (Å²) in [6, 6.07) is 5.69. The van der Waals surface area contributed by atoms with Crippen molar-refractivity contribution in [1.29, 1.82) is 0 Å². The maximum Gasteiger partial charge on any atom is 0.337 e. The van der Waals surface area contributed by atoms with Gasteiger partial charge in [0.1, 0.15) is 5.82 Å². The van der Waals surface area contributed by atoms with Crippen LogP contribution < -0.4 is 0 Å². The zero-order valence-corrected chi connectivity index (χ0v) is 11.8. The Labute approximate surface area is 122 Å². The number of hydrogen-bond acceptors (Lipinski definition) is 3. The molecule has 21 heavy (non-hydrogen) atoms. The second kappa shape index (κ2) is 4.84. The molecule has 2 aromatic rings. The summed E-state index contributed by atoms with van der Waals surface area (Å²) in [5.41, 5.74) is 1.96. The van der Waals surface area contributed by atoms with E-state index in [4.69, 9.17) is 9.72 Å². The first kappa shape index (κ1) is 12.8. The van der Waals surface area contributed by atoms with Gasteiger partial charge >= 0.3 is 5.97 Å². The molecule has 0 atom stereocenters. The fourth-order valence-corrected chi connectivity index (χ4v) is 3.28. The van der Waals surface area contributed by atoms with Gasteiger partial charge in [0.2, 0.25) is 0 Å². The SMILES string of the molecule is O=C(O)c1cccc2nc(C3CC3)n(C3CCOCC3)c12. The lowest BCUT2D eigenvalue weighted by atomic mass is 10.1. The van der Waals surface area contributed by atoms with Gasteiger partial charge in [0.05, 0.1) is 16.6 Å². The van der Waals surface area contributed by atoms with Crippen LogP contribution >= 0.6 is 0 Å². The molecule has 1 aromatic carbocycles. The highest BCUT2D eigenvalue weighted by atomic mass is 16.5. The second-order valence-corrected chi connectivity index (χ2v) is 5.94. The normalized spacial score (nSPS) is 20.0. The van der Waals surface area contributed by atoms with Crippen LogP contribution in [0.1, 0.15) is 53.8 Å². The predicted molar refractivity (Wildman–Crippen MR) is 77.8 cm³/mol. The Morgan fingerprint density at radius 2 is 2.00 bits per heavy atom. The van der Waals surface area contributed by atoms with E-state index in [1.54, 1.807) is 12.1 Å². The van der Waals surface area contributed by atoms with Gasteiger partial charge in [-0.3, -0.25) is 0 Å². The number of fused-ring (bicyclic) bond motifs is 1. The highest BCUT2D eigenvalue weighted by Crippen LogP contribution is 2.43. The van der Waals surface area contributed by atoms with Crippen molar-refractivity contribution in [3.05, 3.63) is 29.6 Å². The van der Waals surface area contributed by atoms with Crippen molar-refractivity contribution in [2.45, 2.75) is 37.6 Å². The zero-order chi connectivity index (χ0) is 14.4. The molecule has 4 rings (SSSR count). The summed E-state index contributed by atoms with van der Waals surface area (Å²) in [5.74, 6) is 0.698. The number of nitrogens with zero attached hydrogens (tertiary/aromatic N) is 2. The van der Waals surface area contributed by atoms with Gasteiger partial charge < -0.3 is 14.4 Å². The molecular weight excluding hydrogens is 268 g/mol. The average molecular weight is 286 g/mol. The van der Waals surface area contributed by atoms with Gasteiger partial charge in [-0.25, -0.2) is 9.78 Å². The average Bonchev–Trinajstić information content (AvgIpc) is 3.27. The van der Waals surface area contributed by atoms with Gasteiger partial charge in [-0.05, 0) is 37.8 Å². The van der Waals surface area contributed by atoms with Crippen molar-refractivity contribution in [1.82, 2.24) is 9.55 Å². The van der Waals surface area contributed by atoms with Crippen molar-refractivity contribution in [3.8, 4) is 0 Å². The number of carboxylic acid groups (broad SMARTS) is 1. The first-order valence-electron chi connectivity index (χ1n) is 7.57. The Hall–Kier alpha value is -1.88. The monoisotopic (exact) mass is 286 g/mol. The topological polar surface area (TPSA) is 64.3 Å². The standard InChI is InChI=1S/C16H18N2O3/c19-16(20)12-2-1-3-13-14(12)18(11-6-8-21-9-7-11)15(17-13)10-4-5-10/h1-3,10-11H,4-9H2,(H,19,20). The Kier molecular flexibility index (Phi) is 2.96. The lowest BCUT2D eigenvalue weighted by Crippen LogP contribution is -2.21.